The van der Waals surface area contributed by atoms with Crippen LogP contribution in [-0.4, -0.2) is 37.1 Å². The first-order valence-electron chi connectivity index (χ1n) is 6.64. The highest BCUT2D eigenvalue weighted by Gasteiger charge is 2.35. The van der Waals surface area contributed by atoms with Gasteiger partial charge in [-0.15, -0.1) is 0 Å². The smallest absolute Gasteiger partial charge is 0.223 e. The average Bonchev–Trinajstić information content (AvgIpc) is 2.45. The summed E-state index contributed by atoms with van der Waals surface area (Å²) in [7, 11) is 1.49. The Kier molecular flexibility index (Phi) is 4.84. The van der Waals surface area contributed by atoms with Crippen molar-refractivity contribution in [3.05, 3.63) is 35.1 Å². The van der Waals surface area contributed by atoms with Crippen molar-refractivity contribution < 1.29 is 22.7 Å². The van der Waals surface area contributed by atoms with Crippen LogP contribution in [0.25, 0.3) is 0 Å². The zero-order valence-electron chi connectivity index (χ0n) is 11.6. The van der Waals surface area contributed by atoms with Crippen LogP contribution >= 0.6 is 0 Å². The van der Waals surface area contributed by atoms with E-state index in [1.54, 1.807) is 0 Å². The van der Waals surface area contributed by atoms with Crippen LogP contribution in [0.2, 0.25) is 0 Å². The number of likely N-dealkylation sites (tertiary alicyclic amines) is 1. The number of amides is 1. The van der Waals surface area contributed by atoms with Gasteiger partial charge in [-0.2, -0.15) is 0 Å². The zero-order chi connectivity index (χ0) is 15.6. The fourth-order valence-electron chi connectivity index (χ4n) is 2.60. The second-order valence-electron chi connectivity index (χ2n) is 5.03. The van der Waals surface area contributed by atoms with Crippen LogP contribution in [0.15, 0.2) is 12.1 Å². The Balaban J connectivity index is 2.38. The van der Waals surface area contributed by atoms with Gasteiger partial charge in [-0.3, -0.25) is 4.79 Å². The second kappa shape index (κ2) is 6.44. The minimum absolute atomic E-state index is 0.156. The summed E-state index contributed by atoms with van der Waals surface area (Å²) in [5.74, 6) is -4.27. The van der Waals surface area contributed by atoms with E-state index in [9.17, 15) is 18.0 Å². The van der Waals surface area contributed by atoms with E-state index < -0.39 is 29.5 Å². The number of carbonyl (C=O) groups excluding carboxylic acids is 1. The van der Waals surface area contributed by atoms with Crippen molar-refractivity contribution in [1.29, 1.82) is 0 Å². The summed E-state index contributed by atoms with van der Waals surface area (Å²) in [6, 6.07) is 0.623. The topological polar surface area (TPSA) is 55.6 Å². The third kappa shape index (κ3) is 3.19. The number of rotatable bonds is 4. The lowest BCUT2D eigenvalue weighted by Gasteiger charge is -2.40. The lowest BCUT2D eigenvalue weighted by Crippen LogP contribution is -2.49. The fourth-order valence-corrected chi connectivity index (χ4v) is 2.60. The Morgan fingerprint density at radius 3 is 2.52 bits per heavy atom. The number of carbonyl (C=O) groups is 1. The van der Waals surface area contributed by atoms with Gasteiger partial charge in [-0.05, 0) is 24.1 Å². The number of nitrogens with zero attached hydrogens (tertiary/aromatic N) is 1. The molecule has 2 N–H and O–H groups in total. The molecule has 0 aromatic heterocycles. The average molecular weight is 302 g/mol. The van der Waals surface area contributed by atoms with Crippen LogP contribution in [0.5, 0.6) is 0 Å². The first-order chi connectivity index (χ1) is 9.95. The molecule has 2 unspecified atom stereocenters. The Morgan fingerprint density at radius 2 is 1.95 bits per heavy atom. The summed E-state index contributed by atoms with van der Waals surface area (Å²) in [5.41, 5.74) is 6.16. The molecule has 1 fully saturated rings. The van der Waals surface area contributed by atoms with Crippen LogP contribution in [0, 0.1) is 17.5 Å². The van der Waals surface area contributed by atoms with Crippen molar-refractivity contribution >= 4 is 5.91 Å². The van der Waals surface area contributed by atoms with Crippen molar-refractivity contribution in [2.45, 2.75) is 24.9 Å². The molecule has 0 bridgehead atoms. The molecule has 1 aromatic carbocycles. The lowest BCUT2D eigenvalue weighted by atomic mass is 9.90. The van der Waals surface area contributed by atoms with E-state index in [0.29, 0.717) is 6.42 Å². The van der Waals surface area contributed by atoms with Gasteiger partial charge in [-0.1, -0.05) is 0 Å². The van der Waals surface area contributed by atoms with Crippen LogP contribution in [0.3, 0.4) is 0 Å². The summed E-state index contributed by atoms with van der Waals surface area (Å²) in [5, 5.41) is 0. The summed E-state index contributed by atoms with van der Waals surface area (Å²) >= 11 is 0. The minimum atomic E-state index is -1.53. The van der Waals surface area contributed by atoms with Gasteiger partial charge in [0, 0.05) is 26.1 Å². The molecule has 7 heteroatoms. The molecular weight excluding hydrogens is 285 g/mol. The van der Waals surface area contributed by atoms with Crippen LogP contribution in [0.1, 0.15) is 24.4 Å². The van der Waals surface area contributed by atoms with Crippen molar-refractivity contribution in [3.63, 3.8) is 0 Å². The van der Waals surface area contributed by atoms with Gasteiger partial charge in [-0.25, -0.2) is 13.2 Å². The SMILES string of the molecule is COCCN1C(=O)CCC(N)C1c1cc(F)c(F)c(F)c1. The maximum Gasteiger partial charge on any atom is 0.223 e. The summed E-state index contributed by atoms with van der Waals surface area (Å²) < 4.78 is 44.8. The standard InChI is InChI=1S/C14H17F3N2O2/c1-21-5-4-19-12(20)3-2-11(18)14(19)8-6-9(15)13(17)10(16)7-8/h6-7,11,14H,2-5,18H2,1H3. The molecular formula is C14H17F3N2O2. The molecule has 1 aliphatic rings. The maximum absolute atomic E-state index is 13.4. The summed E-state index contributed by atoms with van der Waals surface area (Å²) in [4.78, 5) is 13.5. The van der Waals surface area contributed by atoms with Gasteiger partial charge in [0.05, 0.1) is 12.6 Å². The van der Waals surface area contributed by atoms with Crippen molar-refractivity contribution in [3.8, 4) is 0 Å². The first kappa shape index (κ1) is 15.8. The highest BCUT2D eigenvalue weighted by atomic mass is 19.2. The Hall–Kier alpha value is -1.60. The number of benzene rings is 1. The third-order valence-electron chi connectivity index (χ3n) is 3.64. The van der Waals surface area contributed by atoms with E-state index in [1.165, 1.54) is 12.0 Å². The molecule has 1 amide bonds. The maximum atomic E-state index is 13.4. The highest BCUT2D eigenvalue weighted by Crippen LogP contribution is 2.32. The van der Waals surface area contributed by atoms with Crippen molar-refractivity contribution in [1.82, 2.24) is 4.90 Å². The monoisotopic (exact) mass is 302 g/mol. The predicted octanol–water partition coefficient (Wildman–Crippen LogP) is 1.74. The van der Waals surface area contributed by atoms with E-state index in [-0.39, 0.29) is 31.0 Å². The lowest BCUT2D eigenvalue weighted by molar-refractivity contribution is -0.138. The van der Waals surface area contributed by atoms with Crippen LogP contribution in [-0.2, 0) is 9.53 Å². The molecule has 2 rings (SSSR count). The van der Waals surface area contributed by atoms with E-state index in [4.69, 9.17) is 10.5 Å². The van der Waals surface area contributed by atoms with Gasteiger partial charge in [0.1, 0.15) is 0 Å². The number of hydrogen-bond acceptors (Lipinski definition) is 3. The summed E-state index contributed by atoms with van der Waals surface area (Å²) in [6.07, 6.45) is 0.682. The molecule has 0 aliphatic carbocycles. The third-order valence-corrected chi connectivity index (χ3v) is 3.64. The molecule has 0 saturated carbocycles. The molecule has 21 heavy (non-hydrogen) atoms. The molecule has 0 spiro atoms. The molecule has 116 valence electrons. The Labute approximate surface area is 120 Å². The highest BCUT2D eigenvalue weighted by molar-refractivity contribution is 5.78. The van der Waals surface area contributed by atoms with Gasteiger partial charge in [0.2, 0.25) is 5.91 Å². The number of piperidine rings is 1. The molecule has 1 aliphatic heterocycles. The molecule has 1 heterocycles. The van der Waals surface area contributed by atoms with Crippen molar-refractivity contribution in [2.75, 3.05) is 20.3 Å². The number of hydrogen-bond donors (Lipinski definition) is 1. The number of ether oxygens (including phenoxy) is 1. The largest absolute Gasteiger partial charge is 0.383 e. The first-order valence-corrected chi connectivity index (χ1v) is 6.64. The number of halogens is 3. The predicted molar refractivity (Wildman–Crippen MR) is 69.9 cm³/mol. The van der Waals surface area contributed by atoms with Crippen LogP contribution in [0.4, 0.5) is 13.2 Å². The quantitative estimate of drug-likeness (QED) is 0.862. The fraction of sp³-hybridized carbons (Fsp3) is 0.500. The molecule has 0 radical (unpaired) electrons. The van der Waals surface area contributed by atoms with Gasteiger partial charge < -0.3 is 15.4 Å². The Morgan fingerprint density at radius 1 is 1.33 bits per heavy atom. The normalized spacial score (nSPS) is 22.7. The van der Waals surface area contributed by atoms with Crippen LogP contribution < -0.4 is 5.73 Å². The number of methoxy groups -OCH3 is 1. The van der Waals surface area contributed by atoms with Gasteiger partial charge in [0.15, 0.2) is 17.5 Å². The minimum Gasteiger partial charge on any atom is -0.383 e. The van der Waals surface area contributed by atoms with Gasteiger partial charge >= 0.3 is 0 Å². The Bertz CT molecular complexity index is 516. The van der Waals surface area contributed by atoms with E-state index in [2.05, 4.69) is 0 Å². The molecule has 2 atom stereocenters. The zero-order valence-corrected chi connectivity index (χ0v) is 11.6. The molecule has 1 saturated heterocycles. The van der Waals surface area contributed by atoms with E-state index in [1.807, 2.05) is 0 Å². The molecule has 1 aromatic rings. The second-order valence-corrected chi connectivity index (χ2v) is 5.03. The van der Waals surface area contributed by atoms with E-state index >= 15 is 0 Å². The molecule has 4 nitrogen and oxygen atoms in total. The number of nitrogens with two attached hydrogens (primary N) is 1. The van der Waals surface area contributed by atoms with Crippen molar-refractivity contribution in [2.24, 2.45) is 5.73 Å². The van der Waals surface area contributed by atoms with Gasteiger partial charge in [0.25, 0.3) is 0 Å². The van der Waals surface area contributed by atoms with E-state index in [0.717, 1.165) is 12.1 Å². The summed E-state index contributed by atoms with van der Waals surface area (Å²) in [6.45, 7) is 0.537.